The van der Waals surface area contributed by atoms with Gasteiger partial charge in [-0.15, -0.1) is 11.3 Å². The highest BCUT2D eigenvalue weighted by Gasteiger charge is 2.20. The fourth-order valence-electron chi connectivity index (χ4n) is 1.36. The maximum atomic E-state index is 12.2. The van der Waals surface area contributed by atoms with E-state index in [1.54, 1.807) is 18.2 Å². The van der Waals surface area contributed by atoms with Gasteiger partial charge in [0.2, 0.25) is 0 Å². The number of hydrogen-bond donors (Lipinski definition) is 1. The Morgan fingerprint density at radius 2 is 1.89 bits per heavy atom. The molecule has 0 fully saturated rings. The largest absolute Gasteiger partial charge is 0.277 e. The van der Waals surface area contributed by atoms with Crippen LogP contribution in [0, 0.1) is 6.92 Å². The molecule has 1 aromatic heterocycles. The highest BCUT2D eigenvalue weighted by molar-refractivity contribution is 9.11. The first kappa shape index (κ1) is 15.1. The van der Waals surface area contributed by atoms with Crippen LogP contribution in [0.1, 0.15) is 5.56 Å². The molecular weight excluding hydrogens is 393 g/mol. The summed E-state index contributed by atoms with van der Waals surface area (Å²) in [6, 6.07) is 6.48. The van der Waals surface area contributed by atoms with Crippen molar-refractivity contribution in [2.24, 2.45) is 0 Å². The Balaban J connectivity index is 2.36. The second-order valence-electron chi connectivity index (χ2n) is 3.78. The van der Waals surface area contributed by atoms with Gasteiger partial charge in [0.05, 0.1) is 19.5 Å². The van der Waals surface area contributed by atoms with Crippen LogP contribution in [0.5, 0.6) is 0 Å². The first-order valence-electron chi connectivity index (χ1n) is 5.03. The molecule has 1 heterocycles. The van der Waals surface area contributed by atoms with Crippen LogP contribution in [0.15, 0.2) is 32.3 Å². The number of sulfonamides is 1. The van der Waals surface area contributed by atoms with Gasteiger partial charge in [-0.25, -0.2) is 8.42 Å². The molecule has 1 N–H and O–H groups in total. The van der Waals surface area contributed by atoms with E-state index in [2.05, 4.69) is 20.7 Å². The van der Waals surface area contributed by atoms with E-state index >= 15 is 0 Å². The summed E-state index contributed by atoms with van der Waals surface area (Å²) in [5.41, 5.74) is 1.29. The van der Waals surface area contributed by atoms with Crippen LogP contribution in [0.3, 0.4) is 0 Å². The molecule has 0 spiro atoms. The van der Waals surface area contributed by atoms with Crippen LogP contribution >= 0.6 is 50.5 Å². The van der Waals surface area contributed by atoms with Gasteiger partial charge in [-0.2, -0.15) is 0 Å². The minimum Gasteiger partial charge on any atom is -0.277 e. The van der Waals surface area contributed by atoms with Crippen molar-refractivity contribution in [1.29, 1.82) is 0 Å². The summed E-state index contributed by atoms with van der Waals surface area (Å²) in [5.74, 6) is 0. The number of hydrogen-bond acceptors (Lipinski definition) is 3. The standard InChI is InChI=1S/C11H8BrCl2NO2S2/c1-6-2-3-9(7(13)4-6)15-19(16,17)10-5-8(14)11(12)18-10/h2-5,15H,1H3. The Morgan fingerprint density at radius 3 is 2.42 bits per heavy atom. The number of anilines is 1. The highest BCUT2D eigenvalue weighted by atomic mass is 79.9. The van der Waals surface area contributed by atoms with E-state index in [1.165, 1.54) is 6.07 Å². The van der Waals surface area contributed by atoms with Crippen LogP contribution in [-0.4, -0.2) is 8.42 Å². The molecule has 2 aromatic rings. The van der Waals surface area contributed by atoms with Gasteiger partial charge in [0.15, 0.2) is 0 Å². The van der Waals surface area contributed by atoms with E-state index < -0.39 is 10.0 Å². The molecule has 1 aromatic carbocycles. The summed E-state index contributed by atoms with van der Waals surface area (Å²) in [4.78, 5) is 0. The molecule has 3 nitrogen and oxygen atoms in total. The molecule has 19 heavy (non-hydrogen) atoms. The lowest BCUT2D eigenvalue weighted by atomic mass is 10.2. The zero-order valence-corrected chi connectivity index (χ0v) is 14.3. The first-order chi connectivity index (χ1) is 8.79. The number of halogens is 3. The van der Waals surface area contributed by atoms with Gasteiger partial charge in [0.1, 0.15) is 4.21 Å². The van der Waals surface area contributed by atoms with E-state index in [0.717, 1.165) is 16.9 Å². The molecule has 2 rings (SSSR count). The van der Waals surface area contributed by atoms with Crippen LogP contribution in [0.4, 0.5) is 5.69 Å². The summed E-state index contributed by atoms with van der Waals surface area (Å²) in [5, 5.41) is 0.714. The zero-order valence-electron chi connectivity index (χ0n) is 9.58. The van der Waals surface area contributed by atoms with Crippen molar-refractivity contribution in [2.45, 2.75) is 11.1 Å². The van der Waals surface area contributed by atoms with E-state index in [1.807, 2.05) is 6.92 Å². The fraction of sp³-hybridized carbons (Fsp3) is 0.0909. The number of aryl methyl sites for hydroxylation is 1. The van der Waals surface area contributed by atoms with Gasteiger partial charge in [-0.05, 0) is 46.6 Å². The lowest BCUT2D eigenvalue weighted by Gasteiger charge is -2.08. The van der Waals surface area contributed by atoms with Crippen LogP contribution in [0.2, 0.25) is 10.0 Å². The van der Waals surface area contributed by atoms with E-state index in [-0.39, 0.29) is 4.21 Å². The summed E-state index contributed by atoms with van der Waals surface area (Å²) in [6.45, 7) is 1.88. The van der Waals surface area contributed by atoms with E-state index in [9.17, 15) is 8.42 Å². The average molecular weight is 401 g/mol. The molecule has 102 valence electrons. The van der Waals surface area contributed by atoms with Crippen molar-refractivity contribution >= 4 is 66.2 Å². The average Bonchev–Trinajstić information content (AvgIpc) is 2.64. The maximum absolute atomic E-state index is 12.2. The molecule has 0 bridgehead atoms. The quantitative estimate of drug-likeness (QED) is 0.793. The molecule has 0 amide bonds. The number of nitrogens with one attached hydrogen (secondary N) is 1. The summed E-state index contributed by atoms with van der Waals surface area (Å²) < 4.78 is 27.5. The number of thiophene rings is 1. The van der Waals surface area contributed by atoms with Crippen LogP contribution in [0.25, 0.3) is 0 Å². The second kappa shape index (κ2) is 5.61. The van der Waals surface area contributed by atoms with Crippen molar-refractivity contribution in [1.82, 2.24) is 0 Å². The molecule has 0 saturated heterocycles. The molecule has 0 saturated carbocycles. The Bertz CT molecular complexity index is 709. The third-order valence-electron chi connectivity index (χ3n) is 2.26. The Labute approximate surface area is 133 Å². The third kappa shape index (κ3) is 3.44. The molecule has 8 heteroatoms. The summed E-state index contributed by atoms with van der Waals surface area (Å²) in [7, 11) is -3.68. The van der Waals surface area contributed by atoms with Gasteiger partial charge in [-0.3, -0.25) is 4.72 Å². The van der Waals surface area contributed by atoms with Crippen molar-refractivity contribution < 1.29 is 8.42 Å². The fourth-order valence-corrected chi connectivity index (χ4v) is 5.17. The lowest BCUT2D eigenvalue weighted by molar-refractivity contribution is 0.603. The predicted octanol–water partition coefficient (Wildman–Crippen LogP) is 4.93. The third-order valence-corrected chi connectivity index (χ3v) is 6.88. The topological polar surface area (TPSA) is 46.2 Å². The Hall–Kier alpha value is -0.270. The molecule has 0 aliphatic heterocycles. The SMILES string of the molecule is Cc1ccc(NS(=O)(=O)c2cc(Cl)c(Br)s2)c(Cl)c1. The molecule has 0 aliphatic rings. The van der Waals surface area contributed by atoms with E-state index in [0.29, 0.717) is 19.5 Å². The van der Waals surface area contributed by atoms with Crippen LogP contribution in [-0.2, 0) is 10.0 Å². The summed E-state index contributed by atoms with van der Waals surface area (Å²) in [6.07, 6.45) is 0. The van der Waals surface area contributed by atoms with Crippen molar-refractivity contribution in [2.75, 3.05) is 4.72 Å². The molecule has 0 aliphatic carbocycles. The lowest BCUT2D eigenvalue weighted by Crippen LogP contribution is -2.11. The number of rotatable bonds is 3. The highest BCUT2D eigenvalue weighted by Crippen LogP contribution is 2.36. The summed E-state index contributed by atoms with van der Waals surface area (Å²) >= 11 is 16.1. The second-order valence-corrected chi connectivity index (χ2v) is 8.87. The Kier molecular flexibility index (Phi) is 4.47. The minimum absolute atomic E-state index is 0.126. The maximum Gasteiger partial charge on any atom is 0.271 e. The normalized spacial score (nSPS) is 11.6. The van der Waals surface area contributed by atoms with Crippen molar-refractivity contribution in [3.63, 3.8) is 0 Å². The zero-order chi connectivity index (χ0) is 14.2. The first-order valence-corrected chi connectivity index (χ1v) is 8.88. The molecule has 0 atom stereocenters. The molecule has 0 radical (unpaired) electrons. The van der Waals surface area contributed by atoms with E-state index in [4.69, 9.17) is 23.2 Å². The van der Waals surface area contributed by atoms with Gasteiger partial charge in [0, 0.05) is 0 Å². The van der Waals surface area contributed by atoms with Gasteiger partial charge < -0.3 is 0 Å². The smallest absolute Gasteiger partial charge is 0.271 e. The van der Waals surface area contributed by atoms with Crippen molar-refractivity contribution in [3.05, 3.63) is 43.7 Å². The van der Waals surface area contributed by atoms with Crippen LogP contribution < -0.4 is 4.72 Å². The van der Waals surface area contributed by atoms with Gasteiger partial charge in [0.25, 0.3) is 10.0 Å². The number of benzene rings is 1. The van der Waals surface area contributed by atoms with Gasteiger partial charge in [-0.1, -0.05) is 29.3 Å². The van der Waals surface area contributed by atoms with Gasteiger partial charge >= 0.3 is 0 Å². The monoisotopic (exact) mass is 399 g/mol. The van der Waals surface area contributed by atoms with Crippen molar-refractivity contribution in [3.8, 4) is 0 Å². The Morgan fingerprint density at radius 1 is 1.21 bits per heavy atom. The molecular formula is C11H8BrCl2NO2S2. The predicted molar refractivity (Wildman–Crippen MR) is 84.0 cm³/mol. The molecule has 0 unspecified atom stereocenters. The minimum atomic E-state index is -3.68.